The van der Waals surface area contributed by atoms with Gasteiger partial charge in [-0.3, -0.25) is 4.79 Å². The molecule has 1 saturated heterocycles. The molecule has 1 aliphatic rings. The summed E-state index contributed by atoms with van der Waals surface area (Å²) in [6.07, 6.45) is 20.9. The molecule has 0 aromatic rings. The summed E-state index contributed by atoms with van der Waals surface area (Å²) in [5, 5.41) is 9.53. The number of ether oxygens (including phenoxy) is 1. The van der Waals surface area contributed by atoms with Crippen molar-refractivity contribution in [2.75, 3.05) is 0 Å². The zero-order valence-corrected chi connectivity index (χ0v) is 16.6. The molecule has 4 nitrogen and oxygen atoms in total. The predicted octanol–water partition coefficient (Wildman–Crippen LogP) is 5.27. The largest absolute Gasteiger partial charge is 0.453 e. The number of aliphatic hydroxyl groups excluding tert-OH is 1. The molecule has 1 aliphatic heterocycles. The van der Waals surface area contributed by atoms with E-state index in [4.69, 9.17) is 4.74 Å². The summed E-state index contributed by atoms with van der Waals surface area (Å²) in [5.41, 5.74) is 0. The van der Waals surface area contributed by atoms with Crippen molar-refractivity contribution in [1.29, 1.82) is 0 Å². The first-order valence-electron chi connectivity index (χ1n) is 10.7. The number of cyclic esters (lactones) is 1. The highest BCUT2D eigenvalue weighted by atomic mass is 16.6. The van der Waals surface area contributed by atoms with Crippen molar-refractivity contribution in [3.05, 3.63) is 12.2 Å². The number of carbonyl (C=O) groups is 2. The molecule has 0 aliphatic carbocycles. The summed E-state index contributed by atoms with van der Waals surface area (Å²) in [4.78, 5) is 22.2. The number of hydrogen-bond donors (Lipinski definition) is 1. The van der Waals surface area contributed by atoms with Gasteiger partial charge in [0.15, 0.2) is 6.10 Å². The van der Waals surface area contributed by atoms with E-state index in [0.29, 0.717) is 6.42 Å². The average molecular weight is 367 g/mol. The van der Waals surface area contributed by atoms with Gasteiger partial charge in [-0.15, -0.1) is 0 Å². The summed E-state index contributed by atoms with van der Waals surface area (Å²) in [7, 11) is 0. The summed E-state index contributed by atoms with van der Waals surface area (Å²) >= 11 is 0. The Kier molecular flexibility index (Phi) is 13.2. The fraction of sp³-hybridized carbons (Fsp3) is 0.818. The second-order valence-electron chi connectivity index (χ2n) is 7.48. The average Bonchev–Trinajstić information content (AvgIpc) is 2.88. The van der Waals surface area contributed by atoms with E-state index in [1.54, 1.807) is 0 Å². The van der Waals surface area contributed by atoms with Crippen molar-refractivity contribution < 1.29 is 19.4 Å². The number of esters is 1. The van der Waals surface area contributed by atoms with Crippen molar-refractivity contribution in [2.24, 2.45) is 0 Å². The number of aliphatic hydroxyl groups is 1. The van der Waals surface area contributed by atoms with Crippen LogP contribution in [0, 0.1) is 0 Å². The van der Waals surface area contributed by atoms with E-state index in [0.717, 1.165) is 12.8 Å². The van der Waals surface area contributed by atoms with E-state index in [2.05, 4.69) is 19.1 Å². The molecule has 0 spiro atoms. The summed E-state index contributed by atoms with van der Waals surface area (Å²) < 4.78 is 4.84. The topological polar surface area (TPSA) is 63.6 Å². The fourth-order valence-corrected chi connectivity index (χ4v) is 3.37. The number of hydrogen-bond acceptors (Lipinski definition) is 4. The minimum absolute atomic E-state index is 0.508. The van der Waals surface area contributed by atoms with Gasteiger partial charge in [-0.2, -0.15) is 0 Å². The lowest BCUT2D eigenvalue weighted by Gasteiger charge is -2.09. The quantitative estimate of drug-likeness (QED) is 0.175. The highest BCUT2D eigenvalue weighted by Gasteiger charge is 2.41. The summed E-state index contributed by atoms with van der Waals surface area (Å²) in [6.45, 7) is 2.26. The lowest BCUT2D eigenvalue weighted by molar-refractivity contribution is -0.149. The molecule has 1 rings (SSSR count). The van der Waals surface area contributed by atoms with Crippen LogP contribution >= 0.6 is 0 Å². The number of unbranched alkanes of at least 4 members (excludes halogenated alkanes) is 12. The third-order valence-electron chi connectivity index (χ3n) is 5.09. The Morgan fingerprint density at radius 2 is 1.31 bits per heavy atom. The van der Waals surface area contributed by atoms with Crippen LogP contribution in [0.4, 0.5) is 0 Å². The smallest absolute Gasteiger partial charge is 0.377 e. The van der Waals surface area contributed by atoms with Crippen molar-refractivity contribution in [1.82, 2.24) is 0 Å². The molecule has 0 radical (unpaired) electrons. The second-order valence-corrected chi connectivity index (χ2v) is 7.48. The molecule has 1 N–H and O–H groups in total. The van der Waals surface area contributed by atoms with Gasteiger partial charge in [0.2, 0.25) is 0 Å². The van der Waals surface area contributed by atoms with Gasteiger partial charge in [-0.25, -0.2) is 4.79 Å². The second kappa shape index (κ2) is 15.0. The maximum Gasteiger partial charge on any atom is 0.377 e. The molecule has 1 unspecified atom stereocenters. The lowest BCUT2D eigenvalue weighted by Crippen LogP contribution is -2.26. The molecule has 1 heterocycles. The van der Waals surface area contributed by atoms with Crippen LogP contribution in [-0.2, 0) is 14.3 Å². The molecule has 150 valence electrons. The van der Waals surface area contributed by atoms with Gasteiger partial charge in [0.05, 0.1) is 0 Å². The molecule has 1 fully saturated rings. The number of Topliss-reactive ketones (excluding diaryl/α,β-unsaturated/α-hetero) is 1. The maximum absolute atomic E-state index is 11.1. The Bertz CT molecular complexity index is 416. The fourth-order valence-electron chi connectivity index (χ4n) is 3.37. The number of ketones is 1. The van der Waals surface area contributed by atoms with Gasteiger partial charge in [0, 0.05) is 0 Å². The van der Waals surface area contributed by atoms with E-state index >= 15 is 0 Å². The third-order valence-corrected chi connectivity index (χ3v) is 5.09. The zero-order chi connectivity index (χ0) is 19.0. The van der Waals surface area contributed by atoms with Crippen LogP contribution in [0.3, 0.4) is 0 Å². The minimum Gasteiger partial charge on any atom is -0.453 e. The van der Waals surface area contributed by atoms with Crippen LogP contribution in [0.2, 0.25) is 0 Å². The van der Waals surface area contributed by atoms with E-state index in [9.17, 15) is 14.7 Å². The Hall–Kier alpha value is -1.16. The lowest BCUT2D eigenvalue weighted by atomic mass is 10.0. The van der Waals surface area contributed by atoms with Crippen LogP contribution in [0.1, 0.15) is 103 Å². The molecule has 0 bridgehead atoms. The van der Waals surface area contributed by atoms with Crippen LogP contribution in [0.25, 0.3) is 0 Å². The van der Waals surface area contributed by atoms with Gasteiger partial charge >= 0.3 is 5.97 Å². The molecule has 0 amide bonds. The van der Waals surface area contributed by atoms with E-state index in [1.807, 2.05) is 0 Å². The third kappa shape index (κ3) is 10.1. The van der Waals surface area contributed by atoms with Gasteiger partial charge in [0.1, 0.15) is 6.10 Å². The van der Waals surface area contributed by atoms with Gasteiger partial charge in [0.25, 0.3) is 5.78 Å². The minimum atomic E-state index is -1.27. The molecular formula is C22H38O4. The van der Waals surface area contributed by atoms with Crippen molar-refractivity contribution in [3.8, 4) is 0 Å². The van der Waals surface area contributed by atoms with Crippen LogP contribution in [0.5, 0.6) is 0 Å². The van der Waals surface area contributed by atoms with Crippen molar-refractivity contribution >= 4 is 11.8 Å². The zero-order valence-electron chi connectivity index (χ0n) is 16.6. The Balaban J connectivity index is 1.82. The Labute approximate surface area is 159 Å². The molecule has 2 atom stereocenters. The first kappa shape index (κ1) is 22.9. The van der Waals surface area contributed by atoms with Crippen molar-refractivity contribution in [3.63, 3.8) is 0 Å². The van der Waals surface area contributed by atoms with Crippen LogP contribution < -0.4 is 0 Å². The molecule has 0 aromatic carbocycles. The van der Waals surface area contributed by atoms with Crippen LogP contribution in [0.15, 0.2) is 12.2 Å². The van der Waals surface area contributed by atoms with E-state index in [1.165, 1.54) is 77.0 Å². The van der Waals surface area contributed by atoms with E-state index in [-0.39, 0.29) is 0 Å². The van der Waals surface area contributed by atoms with Gasteiger partial charge in [-0.1, -0.05) is 89.7 Å². The van der Waals surface area contributed by atoms with Gasteiger partial charge in [-0.05, 0) is 25.7 Å². The first-order valence-corrected chi connectivity index (χ1v) is 10.7. The first-order chi connectivity index (χ1) is 12.7. The molecule has 4 heteroatoms. The maximum atomic E-state index is 11.1. The summed E-state index contributed by atoms with van der Waals surface area (Å²) in [6, 6.07) is 0. The summed E-state index contributed by atoms with van der Waals surface area (Å²) in [5.74, 6) is -1.71. The molecule has 26 heavy (non-hydrogen) atoms. The molecule has 0 saturated carbocycles. The van der Waals surface area contributed by atoms with E-state index < -0.39 is 24.0 Å². The highest BCUT2D eigenvalue weighted by molar-refractivity contribution is 6.37. The van der Waals surface area contributed by atoms with Crippen LogP contribution in [-0.4, -0.2) is 29.1 Å². The SMILES string of the molecule is CCCCCCCCCCCCCCC=CCC[C@@H]1OC(=O)C(=O)C1O. The number of rotatable bonds is 16. The number of carbonyl (C=O) groups excluding carboxylic acids is 2. The molecular weight excluding hydrogens is 328 g/mol. The predicted molar refractivity (Wildman–Crippen MR) is 105 cm³/mol. The number of allylic oxidation sites excluding steroid dienone is 2. The van der Waals surface area contributed by atoms with Crippen molar-refractivity contribution in [2.45, 2.75) is 115 Å². The standard InChI is InChI=1S/C22H38O4/c1-2-3-4-5-6-7-8-9-10-11-12-13-14-15-16-17-18-19-20(23)21(24)22(25)26-19/h15-16,19-20,23H,2-14,17-18H2,1H3/t19-,20?/m0/s1. The Morgan fingerprint density at radius 3 is 1.81 bits per heavy atom. The monoisotopic (exact) mass is 366 g/mol. The molecule has 0 aromatic heterocycles. The van der Waals surface area contributed by atoms with Gasteiger partial charge < -0.3 is 9.84 Å². The Morgan fingerprint density at radius 1 is 0.808 bits per heavy atom. The normalized spacial score (nSPS) is 20.2. The highest BCUT2D eigenvalue weighted by Crippen LogP contribution is 2.17.